The fourth-order valence-corrected chi connectivity index (χ4v) is 3.54. The van der Waals surface area contributed by atoms with Gasteiger partial charge in [0.25, 0.3) is 11.5 Å². The van der Waals surface area contributed by atoms with Gasteiger partial charge in [0.1, 0.15) is 0 Å². The van der Waals surface area contributed by atoms with Crippen molar-refractivity contribution in [2.75, 3.05) is 6.54 Å². The van der Waals surface area contributed by atoms with Crippen molar-refractivity contribution in [2.45, 2.75) is 38.8 Å². The van der Waals surface area contributed by atoms with Crippen LogP contribution >= 0.6 is 0 Å². The molecule has 6 heteroatoms. The molecule has 0 N–H and O–H groups in total. The Morgan fingerprint density at radius 3 is 2.50 bits per heavy atom. The van der Waals surface area contributed by atoms with E-state index in [-0.39, 0.29) is 24.4 Å². The normalized spacial score (nSPS) is 19.1. The number of aromatic nitrogens is 1. The lowest BCUT2D eigenvalue weighted by molar-refractivity contribution is 0.0618. The number of hydrogen-bond donors (Lipinski definition) is 0. The zero-order valence-electron chi connectivity index (χ0n) is 14.9. The van der Waals surface area contributed by atoms with Crippen LogP contribution in [-0.4, -0.2) is 33.9 Å². The van der Waals surface area contributed by atoms with Crippen molar-refractivity contribution < 1.29 is 13.6 Å². The number of hydrogen-bond acceptors (Lipinski definition) is 2. The second-order valence-corrected chi connectivity index (χ2v) is 7.40. The molecule has 4 nitrogen and oxygen atoms in total. The predicted octanol–water partition coefficient (Wildman–Crippen LogP) is 3.40. The summed E-state index contributed by atoms with van der Waals surface area (Å²) < 4.78 is 27.7. The predicted molar refractivity (Wildman–Crippen MR) is 95.5 cm³/mol. The molecule has 1 amide bonds. The summed E-state index contributed by atoms with van der Waals surface area (Å²) in [6.45, 7) is 3.98. The molecule has 138 valence electrons. The molecule has 1 unspecified atom stereocenters. The van der Waals surface area contributed by atoms with Crippen molar-refractivity contribution >= 4 is 5.91 Å². The van der Waals surface area contributed by atoms with Crippen LogP contribution in [-0.2, 0) is 6.54 Å². The molecule has 1 aromatic carbocycles. The first kappa shape index (κ1) is 18.3. The molecule has 0 radical (unpaired) electrons. The Labute approximate surface area is 151 Å². The third kappa shape index (κ3) is 3.69. The van der Waals surface area contributed by atoms with Crippen molar-refractivity contribution in [2.24, 2.45) is 5.92 Å². The van der Waals surface area contributed by atoms with E-state index >= 15 is 0 Å². The highest BCUT2D eigenvalue weighted by atomic mass is 19.3. The molecule has 2 aromatic rings. The Morgan fingerprint density at radius 1 is 1.19 bits per heavy atom. The summed E-state index contributed by atoms with van der Waals surface area (Å²) in [5, 5.41) is 0. The minimum Gasteiger partial charge on any atom is -0.333 e. The minimum atomic E-state index is -2.45. The zero-order valence-corrected chi connectivity index (χ0v) is 14.9. The number of carbonyl (C=O) groups is 1. The van der Waals surface area contributed by atoms with Gasteiger partial charge in [-0.1, -0.05) is 30.3 Å². The largest absolute Gasteiger partial charge is 0.333 e. The van der Waals surface area contributed by atoms with Crippen molar-refractivity contribution in [3.05, 3.63) is 70.1 Å². The van der Waals surface area contributed by atoms with E-state index in [0.717, 1.165) is 5.56 Å². The first-order valence-electron chi connectivity index (χ1n) is 8.62. The first-order valence-corrected chi connectivity index (χ1v) is 8.62. The molecule has 1 fully saturated rings. The Hall–Kier alpha value is -2.50. The summed E-state index contributed by atoms with van der Waals surface area (Å²) >= 11 is 0. The van der Waals surface area contributed by atoms with Crippen molar-refractivity contribution in [1.29, 1.82) is 0 Å². The number of halogens is 2. The Balaban J connectivity index is 1.86. The van der Waals surface area contributed by atoms with E-state index in [1.54, 1.807) is 13.8 Å². The lowest BCUT2D eigenvalue weighted by Gasteiger charge is -2.31. The van der Waals surface area contributed by atoms with Gasteiger partial charge >= 0.3 is 0 Å². The highest BCUT2D eigenvalue weighted by molar-refractivity contribution is 5.94. The van der Waals surface area contributed by atoms with Crippen LogP contribution < -0.4 is 5.56 Å². The number of rotatable bonds is 4. The number of likely N-dealkylation sites (tertiary alicyclic amines) is 1. The van der Waals surface area contributed by atoms with E-state index in [0.29, 0.717) is 12.1 Å². The highest BCUT2D eigenvalue weighted by Gasteiger charge is 2.44. The second kappa shape index (κ2) is 7.02. The van der Waals surface area contributed by atoms with Crippen LogP contribution in [0.2, 0.25) is 0 Å². The Kier molecular flexibility index (Phi) is 4.94. The number of alkyl halides is 2. The van der Waals surface area contributed by atoms with E-state index in [4.69, 9.17) is 0 Å². The van der Waals surface area contributed by atoms with E-state index in [1.807, 2.05) is 30.3 Å². The topological polar surface area (TPSA) is 42.3 Å². The number of nitrogens with zero attached hydrogens (tertiary/aromatic N) is 2. The van der Waals surface area contributed by atoms with Crippen LogP contribution in [0.3, 0.4) is 0 Å². The molecule has 1 aliphatic heterocycles. The number of pyridine rings is 1. The molecule has 1 saturated heterocycles. The van der Waals surface area contributed by atoms with E-state index in [9.17, 15) is 18.4 Å². The van der Waals surface area contributed by atoms with Gasteiger partial charge in [0.05, 0.1) is 12.1 Å². The number of carbonyl (C=O) groups excluding carboxylic acids is 1. The molecular weight excluding hydrogens is 338 g/mol. The fraction of sp³-hybridized carbons (Fsp3) is 0.400. The van der Waals surface area contributed by atoms with Crippen LogP contribution in [0.1, 0.15) is 36.2 Å². The lowest BCUT2D eigenvalue weighted by atomic mass is 9.96. The molecule has 3 rings (SSSR count). The molecule has 1 atom stereocenters. The summed E-state index contributed by atoms with van der Waals surface area (Å²) in [6.07, 6.45) is -0.664. The summed E-state index contributed by atoms with van der Waals surface area (Å²) in [5.41, 5.74) is 0.428. The number of benzene rings is 1. The quantitative estimate of drug-likeness (QED) is 0.839. The Morgan fingerprint density at radius 2 is 1.88 bits per heavy atom. The summed E-state index contributed by atoms with van der Waals surface area (Å²) in [4.78, 5) is 26.5. The molecule has 0 bridgehead atoms. The molecule has 0 saturated carbocycles. The van der Waals surface area contributed by atoms with E-state index in [2.05, 4.69) is 0 Å². The van der Waals surface area contributed by atoms with Crippen molar-refractivity contribution in [1.82, 2.24) is 9.47 Å². The van der Waals surface area contributed by atoms with Gasteiger partial charge in [0.2, 0.25) is 6.43 Å². The van der Waals surface area contributed by atoms with Gasteiger partial charge in [-0.05, 0) is 31.9 Å². The monoisotopic (exact) mass is 360 g/mol. The van der Waals surface area contributed by atoms with Gasteiger partial charge in [0.15, 0.2) is 0 Å². The molecule has 1 aromatic heterocycles. The smallest absolute Gasteiger partial charge is 0.255 e. The van der Waals surface area contributed by atoms with E-state index in [1.165, 1.54) is 27.8 Å². The fourth-order valence-electron chi connectivity index (χ4n) is 3.54. The Bertz CT molecular complexity index is 846. The average Bonchev–Trinajstić information content (AvgIpc) is 2.93. The van der Waals surface area contributed by atoms with Gasteiger partial charge in [-0.25, -0.2) is 8.78 Å². The molecule has 0 aliphatic carbocycles. The van der Waals surface area contributed by atoms with Gasteiger partial charge < -0.3 is 9.47 Å². The van der Waals surface area contributed by atoms with E-state index < -0.39 is 17.9 Å². The second-order valence-electron chi connectivity index (χ2n) is 7.40. The lowest BCUT2D eigenvalue weighted by Crippen LogP contribution is -2.43. The zero-order chi connectivity index (χ0) is 18.9. The van der Waals surface area contributed by atoms with Gasteiger partial charge in [-0.3, -0.25) is 9.59 Å². The third-order valence-electron chi connectivity index (χ3n) is 4.94. The SMILES string of the molecule is CC1(C)CC(C(F)F)CN1C(=O)c1ccc(=O)n(Cc2ccccc2)c1. The molecular formula is C20H22F2N2O2. The van der Waals surface area contributed by atoms with Crippen LogP contribution in [0.15, 0.2) is 53.5 Å². The average molecular weight is 360 g/mol. The minimum absolute atomic E-state index is 0.0291. The van der Waals surface area contributed by atoms with Crippen molar-refractivity contribution in [3.8, 4) is 0 Å². The standard InChI is InChI=1S/C20H22F2N2O2/c1-20(2)10-16(18(21)22)13-24(20)19(26)15-8-9-17(25)23(12-15)11-14-6-4-3-5-7-14/h3-9,12,16,18H,10-11,13H2,1-2H3. The maximum absolute atomic E-state index is 13.1. The molecule has 0 spiro atoms. The van der Waals surface area contributed by atoms with Crippen LogP contribution in [0.25, 0.3) is 0 Å². The third-order valence-corrected chi connectivity index (χ3v) is 4.94. The summed E-state index contributed by atoms with van der Waals surface area (Å²) in [6, 6.07) is 12.3. The first-order chi connectivity index (χ1) is 12.3. The summed E-state index contributed by atoms with van der Waals surface area (Å²) in [7, 11) is 0. The number of amides is 1. The maximum atomic E-state index is 13.1. The van der Waals surface area contributed by atoms with Crippen LogP contribution in [0, 0.1) is 5.92 Å². The maximum Gasteiger partial charge on any atom is 0.255 e. The molecule has 1 aliphatic rings. The van der Waals surface area contributed by atoms with Crippen molar-refractivity contribution in [3.63, 3.8) is 0 Å². The van der Waals surface area contributed by atoms with Crippen LogP contribution in [0.4, 0.5) is 8.78 Å². The van der Waals surface area contributed by atoms with Crippen LogP contribution in [0.5, 0.6) is 0 Å². The molecule has 2 heterocycles. The highest BCUT2D eigenvalue weighted by Crippen LogP contribution is 2.36. The molecule has 26 heavy (non-hydrogen) atoms. The van der Waals surface area contributed by atoms with Gasteiger partial charge in [-0.2, -0.15) is 0 Å². The van der Waals surface area contributed by atoms with Gasteiger partial charge in [0, 0.05) is 30.3 Å². The van der Waals surface area contributed by atoms with Gasteiger partial charge in [-0.15, -0.1) is 0 Å². The summed E-state index contributed by atoms with van der Waals surface area (Å²) in [5.74, 6) is -1.14.